The molecular formula is C24H23Cl2NO3. The fourth-order valence-corrected chi connectivity index (χ4v) is 3.34. The van der Waals surface area contributed by atoms with E-state index in [0.717, 1.165) is 22.4 Å². The molecule has 0 unspecified atom stereocenters. The summed E-state index contributed by atoms with van der Waals surface area (Å²) in [4.78, 5) is 12.7. The molecule has 0 aromatic heterocycles. The Kier molecular flexibility index (Phi) is 7.61. The summed E-state index contributed by atoms with van der Waals surface area (Å²) in [5.74, 6) is 1.25. The Balaban J connectivity index is 1.71. The molecule has 4 nitrogen and oxygen atoms in total. The molecule has 0 saturated heterocycles. The number of carbonyl (C=O) groups excluding carboxylic acids is 1. The molecule has 0 aliphatic carbocycles. The summed E-state index contributed by atoms with van der Waals surface area (Å²) < 4.78 is 11.6. The number of hydrogen-bond donors (Lipinski definition) is 1. The minimum absolute atomic E-state index is 0.208. The van der Waals surface area contributed by atoms with Crippen LogP contribution >= 0.6 is 23.2 Å². The summed E-state index contributed by atoms with van der Waals surface area (Å²) in [5, 5.41) is 3.96. The van der Waals surface area contributed by atoms with Gasteiger partial charge in [-0.05, 0) is 61.9 Å². The van der Waals surface area contributed by atoms with Crippen molar-refractivity contribution in [2.75, 3.05) is 6.61 Å². The Hall–Kier alpha value is -2.69. The van der Waals surface area contributed by atoms with Crippen molar-refractivity contribution in [1.82, 2.24) is 5.32 Å². The molecule has 3 rings (SSSR count). The summed E-state index contributed by atoms with van der Waals surface area (Å²) in [5.41, 5.74) is 3.28. The van der Waals surface area contributed by atoms with E-state index in [4.69, 9.17) is 32.7 Å². The van der Waals surface area contributed by atoms with Crippen molar-refractivity contribution in [3.05, 3.63) is 93.0 Å². The van der Waals surface area contributed by atoms with E-state index < -0.39 is 0 Å². The van der Waals surface area contributed by atoms with Gasteiger partial charge in [0.25, 0.3) is 5.91 Å². The number of hydrogen-bond acceptors (Lipinski definition) is 3. The van der Waals surface area contributed by atoms with Gasteiger partial charge in [0.2, 0.25) is 0 Å². The lowest BCUT2D eigenvalue weighted by Crippen LogP contribution is -2.23. The zero-order chi connectivity index (χ0) is 21.5. The van der Waals surface area contributed by atoms with Gasteiger partial charge in [-0.15, -0.1) is 0 Å². The summed E-state index contributed by atoms with van der Waals surface area (Å²) >= 11 is 12.1. The maximum Gasteiger partial charge on any atom is 0.251 e. The molecule has 3 aromatic rings. The molecule has 0 aliphatic rings. The van der Waals surface area contributed by atoms with E-state index in [9.17, 15) is 4.79 Å². The zero-order valence-corrected chi connectivity index (χ0v) is 18.4. The molecule has 0 fully saturated rings. The zero-order valence-electron chi connectivity index (χ0n) is 16.9. The van der Waals surface area contributed by atoms with Crippen molar-refractivity contribution in [2.24, 2.45) is 0 Å². The molecule has 30 heavy (non-hydrogen) atoms. The lowest BCUT2D eigenvalue weighted by molar-refractivity contribution is 0.0950. The van der Waals surface area contributed by atoms with Crippen LogP contribution in [-0.4, -0.2) is 12.5 Å². The van der Waals surface area contributed by atoms with Crippen LogP contribution < -0.4 is 14.8 Å². The number of halogens is 2. The second kappa shape index (κ2) is 10.4. The fraction of sp³-hybridized carbons (Fsp3) is 0.208. The minimum atomic E-state index is -0.208. The van der Waals surface area contributed by atoms with Crippen molar-refractivity contribution in [3.63, 3.8) is 0 Å². The molecule has 0 aliphatic heterocycles. The van der Waals surface area contributed by atoms with Gasteiger partial charge in [-0.2, -0.15) is 0 Å². The lowest BCUT2D eigenvalue weighted by Gasteiger charge is -2.14. The average Bonchev–Trinajstić information content (AvgIpc) is 2.73. The van der Waals surface area contributed by atoms with E-state index in [1.54, 1.807) is 36.4 Å². The van der Waals surface area contributed by atoms with Crippen molar-refractivity contribution in [2.45, 2.75) is 27.0 Å². The van der Waals surface area contributed by atoms with Crippen LogP contribution in [0.4, 0.5) is 0 Å². The van der Waals surface area contributed by atoms with Gasteiger partial charge in [0.1, 0.15) is 18.1 Å². The van der Waals surface area contributed by atoms with E-state index in [0.29, 0.717) is 41.1 Å². The van der Waals surface area contributed by atoms with Crippen LogP contribution in [0, 0.1) is 6.92 Å². The van der Waals surface area contributed by atoms with E-state index in [1.165, 1.54) is 0 Å². The molecule has 0 bridgehead atoms. The van der Waals surface area contributed by atoms with Gasteiger partial charge in [-0.3, -0.25) is 4.79 Å². The van der Waals surface area contributed by atoms with Crippen molar-refractivity contribution < 1.29 is 14.3 Å². The van der Waals surface area contributed by atoms with E-state index >= 15 is 0 Å². The number of nitrogens with one attached hydrogen (secondary N) is 1. The Morgan fingerprint density at radius 3 is 2.40 bits per heavy atom. The molecule has 0 radical (unpaired) electrons. The first kappa shape index (κ1) is 22.0. The number of rotatable bonds is 8. The standard InChI is InChI=1S/C24H23Cl2NO3/c1-3-29-23-11-7-17(12-19(23)15-30-21-9-4-16(2)5-10-21)24(28)27-14-18-6-8-20(25)13-22(18)26/h4-13H,3,14-15H2,1-2H3,(H,27,28). The van der Waals surface area contributed by atoms with Crippen LogP contribution in [0.2, 0.25) is 10.0 Å². The Morgan fingerprint density at radius 2 is 1.70 bits per heavy atom. The van der Waals surface area contributed by atoms with Gasteiger partial charge in [0.15, 0.2) is 0 Å². The summed E-state index contributed by atoms with van der Waals surface area (Å²) in [6.07, 6.45) is 0. The summed E-state index contributed by atoms with van der Waals surface area (Å²) in [6, 6.07) is 18.3. The van der Waals surface area contributed by atoms with Crippen LogP contribution in [0.15, 0.2) is 60.7 Å². The summed E-state index contributed by atoms with van der Waals surface area (Å²) in [7, 11) is 0. The van der Waals surface area contributed by atoms with Gasteiger partial charge in [-0.1, -0.05) is 47.0 Å². The molecule has 6 heteroatoms. The second-order valence-electron chi connectivity index (χ2n) is 6.78. The number of carbonyl (C=O) groups is 1. The van der Waals surface area contributed by atoms with E-state index in [-0.39, 0.29) is 5.91 Å². The van der Waals surface area contributed by atoms with Crippen LogP contribution in [0.25, 0.3) is 0 Å². The van der Waals surface area contributed by atoms with Crippen LogP contribution in [-0.2, 0) is 13.2 Å². The van der Waals surface area contributed by atoms with Gasteiger partial charge >= 0.3 is 0 Å². The first-order valence-corrected chi connectivity index (χ1v) is 10.4. The first-order valence-electron chi connectivity index (χ1n) is 9.63. The largest absolute Gasteiger partial charge is 0.493 e. The Bertz CT molecular complexity index is 1020. The molecule has 156 valence electrons. The Morgan fingerprint density at radius 1 is 0.933 bits per heavy atom. The number of ether oxygens (including phenoxy) is 2. The van der Waals surface area contributed by atoms with Gasteiger partial charge < -0.3 is 14.8 Å². The highest BCUT2D eigenvalue weighted by atomic mass is 35.5. The van der Waals surface area contributed by atoms with Crippen molar-refractivity contribution in [3.8, 4) is 11.5 Å². The molecule has 0 heterocycles. The average molecular weight is 444 g/mol. The summed E-state index contributed by atoms with van der Waals surface area (Å²) in [6.45, 7) is 5.06. The highest BCUT2D eigenvalue weighted by Gasteiger charge is 2.12. The van der Waals surface area contributed by atoms with Crippen molar-refractivity contribution in [1.29, 1.82) is 0 Å². The highest BCUT2D eigenvalue weighted by Crippen LogP contribution is 2.24. The lowest BCUT2D eigenvalue weighted by atomic mass is 10.1. The highest BCUT2D eigenvalue weighted by molar-refractivity contribution is 6.35. The van der Waals surface area contributed by atoms with E-state index in [1.807, 2.05) is 38.1 Å². The molecule has 0 atom stereocenters. The first-order chi connectivity index (χ1) is 14.5. The monoisotopic (exact) mass is 443 g/mol. The maximum atomic E-state index is 12.7. The number of benzene rings is 3. The third kappa shape index (κ3) is 5.91. The van der Waals surface area contributed by atoms with Gasteiger partial charge in [0, 0.05) is 27.7 Å². The molecule has 3 aromatic carbocycles. The maximum absolute atomic E-state index is 12.7. The smallest absolute Gasteiger partial charge is 0.251 e. The SMILES string of the molecule is CCOc1ccc(C(=O)NCc2ccc(Cl)cc2Cl)cc1COc1ccc(C)cc1. The van der Waals surface area contributed by atoms with Crippen molar-refractivity contribution >= 4 is 29.1 Å². The Labute approximate surface area is 186 Å². The quantitative estimate of drug-likeness (QED) is 0.450. The van der Waals surface area contributed by atoms with E-state index in [2.05, 4.69) is 5.32 Å². The topological polar surface area (TPSA) is 47.6 Å². The van der Waals surface area contributed by atoms with Crippen LogP contribution in [0.1, 0.15) is 34.0 Å². The predicted octanol–water partition coefficient (Wildman–Crippen LogP) is 6.21. The minimum Gasteiger partial charge on any atom is -0.493 e. The number of aryl methyl sites for hydroxylation is 1. The number of amides is 1. The van der Waals surface area contributed by atoms with Crippen LogP contribution in [0.5, 0.6) is 11.5 Å². The third-order valence-electron chi connectivity index (χ3n) is 4.49. The molecular weight excluding hydrogens is 421 g/mol. The molecule has 1 N–H and O–H groups in total. The van der Waals surface area contributed by atoms with Crippen LogP contribution in [0.3, 0.4) is 0 Å². The second-order valence-corrected chi connectivity index (χ2v) is 7.62. The van der Waals surface area contributed by atoms with Gasteiger partial charge in [-0.25, -0.2) is 0 Å². The normalized spacial score (nSPS) is 10.5. The third-order valence-corrected chi connectivity index (χ3v) is 5.08. The predicted molar refractivity (Wildman–Crippen MR) is 121 cm³/mol. The molecule has 0 spiro atoms. The van der Waals surface area contributed by atoms with Gasteiger partial charge in [0.05, 0.1) is 6.61 Å². The fourth-order valence-electron chi connectivity index (χ4n) is 2.87. The molecule has 0 saturated carbocycles. The molecule has 1 amide bonds.